The van der Waals surface area contributed by atoms with Crippen LogP contribution >= 0.6 is 11.6 Å². The minimum absolute atomic E-state index is 0.00699. The molecule has 0 saturated heterocycles. The molecule has 0 unspecified atom stereocenters. The van der Waals surface area contributed by atoms with Gasteiger partial charge in [0.2, 0.25) is 0 Å². The lowest BCUT2D eigenvalue weighted by Gasteiger charge is -2.14. The number of hydrogen-bond donors (Lipinski definition) is 3. The van der Waals surface area contributed by atoms with Gasteiger partial charge in [0.15, 0.2) is 18.1 Å². The van der Waals surface area contributed by atoms with Gasteiger partial charge in [-0.1, -0.05) is 29.8 Å². The van der Waals surface area contributed by atoms with Crippen molar-refractivity contribution in [3.8, 4) is 17.2 Å². The Labute approximate surface area is 237 Å². The number of methoxy groups -OCH3 is 2. The maximum absolute atomic E-state index is 12.9. The summed E-state index contributed by atoms with van der Waals surface area (Å²) in [5, 5.41) is 8.52. The lowest BCUT2D eigenvalue weighted by molar-refractivity contribution is -0.139. The molecule has 0 aliphatic heterocycles. The van der Waals surface area contributed by atoms with Crippen LogP contribution in [-0.4, -0.2) is 44.8 Å². The normalized spacial score (nSPS) is 11.1. The molecule has 0 aliphatic carbocycles. The third-order valence-electron chi connectivity index (χ3n) is 5.27. The second-order valence-electron chi connectivity index (χ2n) is 8.18. The summed E-state index contributed by atoms with van der Waals surface area (Å²) in [6.45, 7) is -0.465. The predicted octanol–water partition coefficient (Wildman–Crippen LogP) is 4.16. The van der Waals surface area contributed by atoms with Crippen molar-refractivity contribution in [2.24, 2.45) is 5.10 Å². The summed E-state index contributed by atoms with van der Waals surface area (Å²) in [6, 6.07) is 13.9. The largest absolute Gasteiger partial charge is 0.497 e. The van der Waals surface area contributed by atoms with E-state index in [0.29, 0.717) is 11.3 Å². The molecule has 0 fully saturated rings. The zero-order chi connectivity index (χ0) is 30.0. The zero-order valence-corrected chi connectivity index (χ0v) is 22.4. The first-order valence-corrected chi connectivity index (χ1v) is 12.1. The molecular formula is C27H24ClF3N4O6. The van der Waals surface area contributed by atoms with E-state index in [1.54, 1.807) is 24.3 Å². The minimum atomic E-state index is -4.56. The molecule has 3 aromatic rings. The first kappa shape index (κ1) is 30.8. The number of benzene rings is 3. The van der Waals surface area contributed by atoms with Crippen LogP contribution in [0.5, 0.6) is 17.2 Å². The van der Waals surface area contributed by atoms with Crippen LogP contribution < -0.4 is 30.3 Å². The van der Waals surface area contributed by atoms with Crippen molar-refractivity contribution in [3.63, 3.8) is 0 Å². The molecule has 0 heterocycles. The molecule has 10 nitrogen and oxygen atoms in total. The van der Waals surface area contributed by atoms with Gasteiger partial charge in [-0.3, -0.25) is 14.4 Å². The van der Waals surface area contributed by atoms with Crippen molar-refractivity contribution < 1.29 is 41.8 Å². The lowest BCUT2D eigenvalue weighted by atomic mass is 10.2. The van der Waals surface area contributed by atoms with Gasteiger partial charge in [0.05, 0.1) is 31.0 Å². The summed E-state index contributed by atoms with van der Waals surface area (Å²) in [7, 11) is 2.85. The number of alkyl halides is 3. The maximum atomic E-state index is 12.9. The van der Waals surface area contributed by atoms with E-state index in [-0.39, 0.29) is 28.8 Å². The molecule has 0 aliphatic rings. The highest BCUT2D eigenvalue weighted by Crippen LogP contribution is 2.36. The van der Waals surface area contributed by atoms with Crippen LogP contribution in [0.4, 0.5) is 18.9 Å². The molecular weight excluding hydrogens is 569 g/mol. The van der Waals surface area contributed by atoms with Crippen molar-refractivity contribution >= 4 is 41.2 Å². The van der Waals surface area contributed by atoms with Crippen molar-refractivity contribution in [2.45, 2.75) is 12.7 Å². The Kier molecular flexibility index (Phi) is 10.5. The van der Waals surface area contributed by atoms with E-state index in [9.17, 15) is 27.6 Å². The van der Waals surface area contributed by atoms with Crippen LogP contribution in [-0.2, 0) is 27.1 Å². The van der Waals surface area contributed by atoms with Gasteiger partial charge >= 0.3 is 18.0 Å². The van der Waals surface area contributed by atoms with E-state index in [1.807, 2.05) is 0 Å². The van der Waals surface area contributed by atoms with E-state index < -0.39 is 36.1 Å². The van der Waals surface area contributed by atoms with E-state index in [1.165, 1.54) is 38.6 Å². The molecule has 0 spiro atoms. The Morgan fingerprint density at radius 2 is 1.71 bits per heavy atom. The van der Waals surface area contributed by atoms with Crippen LogP contribution in [0.3, 0.4) is 0 Å². The van der Waals surface area contributed by atoms with Gasteiger partial charge in [0.1, 0.15) is 5.75 Å². The van der Waals surface area contributed by atoms with E-state index >= 15 is 0 Å². The van der Waals surface area contributed by atoms with Crippen LogP contribution in [0.25, 0.3) is 0 Å². The topological polar surface area (TPSA) is 127 Å². The first-order valence-electron chi connectivity index (χ1n) is 11.7. The second-order valence-corrected chi connectivity index (χ2v) is 8.59. The molecule has 0 bridgehead atoms. The summed E-state index contributed by atoms with van der Waals surface area (Å²) < 4.78 is 54.4. The average molecular weight is 593 g/mol. The van der Waals surface area contributed by atoms with E-state index in [4.69, 9.17) is 25.8 Å². The first-order chi connectivity index (χ1) is 19.5. The number of hydrogen-bond acceptors (Lipinski definition) is 7. The number of ether oxygens (including phenoxy) is 3. The van der Waals surface area contributed by atoms with Crippen molar-refractivity contribution in [3.05, 3.63) is 82.4 Å². The summed E-state index contributed by atoms with van der Waals surface area (Å²) in [4.78, 5) is 36.3. The van der Waals surface area contributed by atoms with Crippen LogP contribution in [0, 0.1) is 0 Å². The summed E-state index contributed by atoms with van der Waals surface area (Å²) in [5.41, 5.74) is 2.23. The van der Waals surface area contributed by atoms with Crippen molar-refractivity contribution in [1.29, 1.82) is 0 Å². The van der Waals surface area contributed by atoms with Gasteiger partial charge in [-0.2, -0.15) is 18.3 Å². The maximum Gasteiger partial charge on any atom is 0.416 e. The van der Waals surface area contributed by atoms with Gasteiger partial charge in [-0.15, -0.1) is 0 Å². The number of carbonyl (C=O) groups is 3. The van der Waals surface area contributed by atoms with Crippen LogP contribution in [0.1, 0.15) is 16.7 Å². The molecule has 14 heteroatoms. The minimum Gasteiger partial charge on any atom is -0.497 e. The quantitative estimate of drug-likeness (QED) is 0.184. The zero-order valence-electron chi connectivity index (χ0n) is 21.7. The Morgan fingerprint density at radius 1 is 0.976 bits per heavy atom. The molecule has 3 amide bonds. The number of amides is 3. The number of rotatable bonds is 10. The van der Waals surface area contributed by atoms with E-state index in [0.717, 1.165) is 23.8 Å². The summed E-state index contributed by atoms with van der Waals surface area (Å²) in [6.07, 6.45) is -3.36. The summed E-state index contributed by atoms with van der Waals surface area (Å²) >= 11 is 6.26. The van der Waals surface area contributed by atoms with Crippen molar-refractivity contribution in [2.75, 3.05) is 26.1 Å². The average Bonchev–Trinajstić information content (AvgIpc) is 2.94. The van der Waals surface area contributed by atoms with Gasteiger partial charge < -0.3 is 24.8 Å². The molecule has 0 aromatic heterocycles. The van der Waals surface area contributed by atoms with Gasteiger partial charge in [-0.05, 0) is 53.6 Å². The molecule has 0 saturated carbocycles. The second kappa shape index (κ2) is 14.0. The fourth-order valence-corrected chi connectivity index (χ4v) is 3.56. The molecule has 0 radical (unpaired) electrons. The number of nitrogens with zero attached hydrogens (tertiary/aromatic N) is 1. The number of carbonyl (C=O) groups excluding carboxylic acids is 3. The SMILES string of the molecule is COc1ccc(CNC(=O)C(=O)N/N=C\c2cc(Cl)c(OCC(=O)Nc3cccc(C(F)(F)F)c3)c(OC)c2)cc1. The Hall–Kier alpha value is -4.78. The van der Waals surface area contributed by atoms with Gasteiger partial charge in [-0.25, -0.2) is 5.43 Å². The smallest absolute Gasteiger partial charge is 0.416 e. The van der Waals surface area contributed by atoms with Gasteiger partial charge in [0, 0.05) is 12.2 Å². The highest BCUT2D eigenvalue weighted by molar-refractivity contribution is 6.35. The standard InChI is InChI=1S/C27H24ClF3N4O6/c1-39-20-8-6-16(7-9-20)13-32-25(37)26(38)35-33-14-17-10-21(28)24(22(11-17)40-2)41-15-23(36)34-19-5-3-4-18(12-19)27(29,30)31/h3-12,14H,13,15H2,1-2H3,(H,32,37)(H,34,36)(H,35,38)/b33-14-. The van der Waals surface area contributed by atoms with Crippen LogP contribution in [0.15, 0.2) is 65.8 Å². The molecule has 3 rings (SSSR count). The Balaban J connectivity index is 1.54. The van der Waals surface area contributed by atoms with Gasteiger partial charge in [0.25, 0.3) is 5.91 Å². The molecule has 216 valence electrons. The lowest BCUT2D eigenvalue weighted by Crippen LogP contribution is -2.37. The number of anilines is 1. The Bertz CT molecular complexity index is 1430. The highest BCUT2D eigenvalue weighted by atomic mass is 35.5. The Morgan fingerprint density at radius 3 is 2.37 bits per heavy atom. The van der Waals surface area contributed by atoms with Crippen molar-refractivity contribution in [1.82, 2.24) is 10.7 Å². The molecule has 3 N–H and O–H groups in total. The van der Waals surface area contributed by atoms with E-state index in [2.05, 4.69) is 21.2 Å². The third kappa shape index (κ3) is 9.14. The fourth-order valence-electron chi connectivity index (χ4n) is 3.28. The predicted molar refractivity (Wildman–Crippen MR) is 144 cm³/mol. The molecule has 0 atom stereocenters. The fraction of sp³-hybridized carbons (Fsp3) is 0.185. The van der Waals surface area contributed by atoms with Crippen LogP contribution in [0.2, 0.25) is 5.02 Å². The number of hydrazone groups is 1. The third-order valence-corrected chi connectivity index (χ3v) is 5.55. The molecule has 41 heavy (non-hydrogen) atoms. The monoisotopic (exact) mass is 592 g/mol. The number of halogens is 4. The number of nitrogens with one attached hydrogen (secondary N) is 3. The summed E-state index contributed by atoms with van der Waals surface area (Å²) in [5.74, 6) is -1.88. The highest BCUT2D eigenvalue weighted by Gasteiger charge is 2.30. The molecule has 3 aromatic carbocycles.